The molecule has 6 heteroatoms. The molecule has 0 bridgehead atoms. The molecule has 4 nitrogen and oxygen atoms in total. The number of aryl methyl sites for hydroxylation is 1. The van der Waals surface area contributed by atoms with Crippen molar-refractivity contribution in [1.82, 2.24) is 4.98 Å². The number of ether oxygens (including phenoxy) is 1. The van der Waals surface area contributed by atoms with Crippen LogP contribution in [-0.4, -0.2) is 16.1 Å². The Bertz CT molecular complexity index is 634. The maximum Gasteiger partial charge on any atom is 0.328 e. The largest absolute Gasteiger partial charge is 0.486 e. The fraction of sp³-hybridized carbons (Fsp3) is 0.143. The van der Waals surface area contributed by atoms with Gasteiger partial charge in [0.15, 0.2) is 0 Å². The molecule has 1 N–H and O–H groups in total. The van der Waals surface area contributed by atoms with Crippen LogP contribution in [0, 0.1) is 6.92 Å². The predicted molar refractivity (Wildman–Crippen MR) is 79.3 cm³/mol. The summed E-state index contributed by atoms with van der Waals surface area (Å²) < 4.78 is 5.59. The normalized spacial score (nSPS) is 10.9. The zero-order chi connectivity index (χ0) is 14.5. The van der Waals surface area contributed by atoms with E-state index in [0.29, 0.717) is 17.4 Å². The first-order valence-corrected chi connectivity index (χ1v) is 7.00. The lowest BCUT2D eigenvalue weighted by atomic mass is 10.3. The highest BCUT2D eigenvalue weighted by molar-refractivity contribution is 7.12. The van der Waals surface area contributed by atoms with Gasteiger partial charge in [0.05, 0.1) is 10.6 Å². The van der Waals surface area contributed by atoms with E-state index in [9.17, 15) is 4.79 Å². The van der Waals surface area contributed by atoms with Crippen LogP contribution < -0.4 is 4.74 Å². The maximum absolute atomic E-state index is 10.5. The number of aliphatic carboxylic acids is 1. The zero-order valence-electron chi connectivity index (χ0n) is 10.7. The van der Waals surface area contributed by atoms with Crippen LogP contribution in [-0.2, 0) is 11.4 Å². The van der Waals surface area contributed by atoms with Crippen molar-refractivity contribution in [3.05, 3.63) is 50.9 Å². The Morgan fingerprint density at radius 3 is 2.80 bits per heavy atom. The molecule has 0 aliphatic rings. The Labute approximate surface area is 125 Å². The first-order chi connectivity index (χ1) is 9.54. The van der Waals surface area contributed by atoms with Crippen molar-refractivity contribution in [2.24, 2.45) is 0 Å². The van der Waals surface area contributed by atoms with Crippen molar-refractivity contribution in [3.63, 3.8) is 0 Å². The minimum absolute atomic E-state index is 0.341. The van der Waals surface area contributed by atoms with E-state index in [2.05, 4.69) is 4.98 Å². The van der Waals surface area contributed by atoms with Gasteiger partial charge in [-0.3, -0.25) is 0 Å². The van der Waals surface area contributed by atoms with Crippen molar-refractivity contribution in [3.8, 4) is 5.75 Å². The number of hydrogen-bond acceptors (Lipinski definition) is 4. The molecule has 0 atom stereocenters. The summed E-state index contributed by atoms with van der Waals surface area (Å²) in [6.45, 7) is 2.18. The van der Waals surface area contributed by atoms with Gasteiger partial charge in [0.25, 0.3) is 0 Å². The van der Waals surface area contributed by atoms with Gasteiger partial charge in [0.2, 0.25) is 0 Å². The molecule has 2 rings (SSSR count). The number of aromatic nitrogens is 1. The molecule has 0 unspecified atom stereocenters. The van der Waals surface area contributed by atoms with Gasteiger partial charge < -0.3 is 9.84 Å². The monoisotopic (exact) mass is 309 g/mol. The molecule has 0 spiro atoms. The number of nitrogens with zero attached hydrogens (tertiary/aromatic N) is 1. The van der Waals surface area contributed by atoms with Gasteiger partial charge >= 0.3 is 5.97 Å². The molecule has 2 aromatic rings. The topological polar surface area (TPSA) is 59.4 Å². The second kappa shape index (κ2) is 6.54. The molecule has 1 aromatic carbocycles. The molecule has 0 saturated carbocycles. The summed E-state index contributed by atoms with van der Waals surface area (Å²) in [7, 11) is 0. The summed E-state index contributed by atoms with van der Waals surface area (Å²) in [6, 6.07) is 7.08. The molecule has 0 radical (unpaired) electrons. The van der Waals surface area contributed by atoms with Crippen LogP contribution in [0.5, 0.6) is 5.75 Å². The zero-order valence-corrected chi connectivity index (χ0v) is 12.2. The van der Waals surface area contributed by atoms with Crippen molar-refractivity contribution >= 4 is 35.0 Å². The van der Waals surface area contributed by atoms with Gasteiger partial charge in [-0.2, -0.15) is 0 Å². The Kier molecular flexibility index (Phi) is 4.76. The minimum Gasteiger partial charge on any atom is -0.486 e. The van der Waals surface area contributed by atoms with Gasteiger partial charge in [-0.15, -0.1) is 11.3 Å². The van der Waals surface area contributed by atoms with Gasteiger partial charge in [-0.05, 0) is 37.3 Å². The third-order valence-corrected chi connectivity index (χ3v) is 3.78. The molecule has 0 aliphatic carbocycles. The lowest BCUT2D eigenvalue weighted by molar-refractivity contribution is -0.131. The minimum atomic E-state index is -0.975. The average Bonchev–Trinajstić information content (AvgIpc) is 2.76. The summed E-state index contributed by atoms with van der Waals surface area (Å²) in [6.07, 6.45) is 2.64. The first-order valence-electron chi connectivity index (χ1n) is 5.80. The molecular formula is C14H12ClNO3S. The Morgan fingerprint density at radius 2 is 2.15 bits per heavy atom. The first kappa shape index (κ1) is 14.6. The standard InChI is InChI=1S/C14H12ClNO3S/c1-9-12(6-7-14(17)18)20-13(16-9)8-19-11-4-2-10(15)3-5-11/h2-7H,8H2,1H3,(H,17,18)/b7-6+. The SMILES string of the molecule is Cc1nc(COc2ccc(Cl)cc2)sc1/C=C/C(=O)O. The van der Waals surface area contributed by atoms with Crippen LogP contribution in [0.25, 0.3) is 6.08 Å². The fourth-order valence-electron chi connectivity index (χ4n) is 1.50. The Hall–Kier alpha value is -1.85. The van der Waals surface area contributed by atoms with Crippen LogP contribution >= 0.6 is 22.9 Å². The van der Waals surface area contributed by atoms with E-state index < -0.39 is 5.97 Å². The smallest absolute Gasteiger partial charge is 0.328 e. The van der Waals surface area contributed by atoms with E-state index in [1.54, 1.807) is 30.3 Å². The fourth-order valence-corrected chi connectivity index (χ4v) is 2.51. The summed E-state index contributed by atoms with van der Waals surface area (Å²) in [5, 5.41) is 10.1. The number of carbonyl (C=O) groups is 1. The van der Waals surface area contributed by atoms with Crippen LogP contribution in [0.4, 0.5) is 0 Å². The summed E-state index contributed by atoms with van der Waals surface area (Å²) in [4.78, 5) is 15.7. The second-order valence-corrected chi connectivity index (χ2v) is 5.52. The Morgan fingerprint density at radius 1 is 1.45 bits per heavy atom. The lowest BCUT2D eigenvalue weighted by Crippen LogP contribution is -1.94. The molecule has 0 aliphatic heterocycles. The second-order valence-electron chi connectivity index (χ2n) is 3.97. The number of hydrogen-bond donors (Lipinski definition) is 1. The highest BCUT2D eigenvalue weighted by Crippen LogP contribution is 2.22. The predicted octanol–water partition coefficient (Wildman–Crippen LogP) is 3.78. The van der Waals surface area contributed by atoms with Gasteiger partial charge in [-0.1, -0.05) is 11.6 Å². The molecular weight excluding hydrogens is 298 g/mol. The molecule has 1 aromatic heterocycles. The molecule has 104 valence electrons. The van der Waals surface area contributed by atoms with Crippen molar-refractivity contribution in [2.45, 2.75) is 13.5 Å². The van der Waals surface area contributed by atoms with E-state index >= 15 is 0 Å². The highest BCUT2D eigenvalue weighted by atomic mass is 35.5. The highest BCUT2D eigenvalue weighted by Gasteiger charge is 2.06. The van der Waals surface area contributed by atoms with Gasteiger partial charge in [-0.25, -0.2) is 9.78 Å². The van der Waals surface area contributed by atoms with Crippen molar-refractivity contribution < 1.29 is 14.6 Å². The van der Waals surface area contributed by atoms with Crippen molar-refractivity contribution in [1.29, 1.82) is 0 Å². The van der Waals surface area contributed by atoms with Gasteiger partial charge in [0.1, 0.15) is 17.4 Å². The third kappa shape index (κ3) is 4.08. The number of benzene rings is 1. The molecule has 0 saturated heterocycles. The summed E-state index contributed by atoms with van der Waals surface area (Å²) in [5.74, 6) is -0.262. The van der Waals surface area contributed by atoms with Gasteiger partial charge in [0, 0.05) is 11.1 Å². The van der Waals surface area contributed by atoms with Crippen molar-refractivity contribution in [2.75, 3.05) is 0 Å². The summed E-state index contributed by atoms with van der Waals surface area (Å²) >= 11 is 7.20. The van der Waals surface area contributed by atoms with E-state index in [1.807, 2.05) is 6.92 Å². The number of halogens is 1. The van der Waals surface area contributed by atoms with E-state index in [0.717, 1.165) is 21.7 Å². The van der Waals surface area contributed by atoms with Crippen LogP contribution in [0.3, 0.4) is 0 Å². The summed E-state index contributed by atoms with van der Waals surface area (Å²) in [5.41, 5.74) is 0.794. The molecule has 1 heterocycles. The van der Waals surface area contributed by atoms with Crippen LogP contribution in [0.2, 0.25) is 5.02 Å². The van der Waals surface area contributed by atoms with E-state index in [1.165, 1.54) is 11.3 Å². The lowest BCUT2D eigenvalue weighted by Gasteiger charge is -2.03. The number of carboxylic acid groups (broad SMARTS) is 1. The average molecular weight is 310 g/mol. The van der Waals surface area contributed by atoms with Crippen LogP contribution in [0.15, 0.2) is 30.3 Å². The maximum atomic E-state index is 10.5. The third-order valence-electron chi connectivity index (χ3n) is 2.43. The number of rotatable bonds is 5. The van der Waals surface area contributed by atoms with E-state index in [-0.39, 0.29) is 0 Å². The molecule has 0 fully saturated rings. The number of thiazole rings is 1. The quantitative estimate of drug-likeness (QED) is 0.854. The molecule has 20 heavy (non-hydrogen) atoms. The molecule has 0 amide bonds. The van der Waals surface area contributed by atoms with Crippen LogP contribution in [0.1, 0.15) is 15.6 Å². The Balaban J connectivity index is 2.01. The van der Waals surface area contributed by atoms with E-state index in [4.69, 9.17) is 21.4 Å². The number of carboxylic acids is 1.